The fourth-order valence-electron chi connectivity index (χ4n) is 3.16. The van der Waals surface area contributed by atoms with E-state index < -0.39 is 11.7 Å². The van der Waals surface area contributed by atoms with Gasteiger partial charge in [0.2, 0.25) is 5.91 Å². The number of rotatable bonds is 2. The summed E-state index contributed by atoms with van der Waals surface area (Å²) in [6, 6.07) is 5.76. The largest absolute Gasteiger partial charge is 0.416 e. The molecule has 22 heavy (non-hydrogen) atoms. The molecule has 2 aliphatic rings. The Morgan fingerprint density at radius 3 is 2.32 bits per heavy atom. The second-order valence-corrected chi connectivity index (χ2v) is 5.92. The third kappa shape index (κ3) is 2.97. The van der Waals surface area contributed by atoms with E-state index in [1.54, 1.807) is 17.0 Å². The van der Waals surface area contributed by atoms with Gasteiger partial charge in [-0.2, -0.15) is 13.2 Å². The number of nitrogens with zero attached hydrogens (tertiary/aromatic N) is 1. The lowest BCUT2D eigenvalue weighted by atomic mass is 9.86. The van der Waals surface area contributed by atoms with E-state index in [0.717, 1.165) is 6.07 Å². The molecular formula is C16H18F3NO2. The van der Waals surface area contributed by atoms with Crippen molar-refractivity contribution in [1.29, 1.82) is 0 Å². The highest BCUT2D eigenvalue weighted by molar-refractivity contribution is 5.79. The average Bonchev–Trinajstić information content (AvgIpc) is 2.45. The molecule has 0 radical (unpaired) electrons. The Balaban J connectivity index is 1.68. The van der Waals surface area contributed by atoms with Gasteiger partial charge in [0, 0.05) is 13.1 Å². The fourth-order valence-corrected chi connectivity index (χ4v) is 3.16. The highest BCUT2D eigenvalue weighted by atomic mass is 19.4. The first-order chi connectivity index (χ1) is 10.5. The van der Waals surface area contributed by atoms with Crippen molar-refractivity contribution >= 4 is 5.91 Å². The number of ether oxygens (including phenoxy) is 1. The summed E-state index contributed by atoms with van der Waals surface area (Å²) in [6.45, 7) is 1.98. The van der Waals surface area contributed by atoms with Crippen molar-refractivity contribution in [2.75, 3.05) is 26.3 Å². The van der Waals surface area contributed by atoms with Gasteiger partial charge in [-0.1, -0.05) is 18.2 Å². The summed E-state index contributed by atoms with van der Waals surface area (Å²) in [6.07, 6.45) is -3.17. The summed E-state index contributed by atoms with van der Waals surface area (Å²) >= 11 is 0. The number of amides is 1. The molecule has 2 fully saturated rings. The molecular weight excluding hydrogens is 295 g/mol. The van der Waals surface area contributed by atoms with Crippen LogP contribution in [0.15, 0.2) is 24.3 Å². The standard InChI is InChI=1S/C16H18F3NO2/c17-16(18,19)14-4-2-1-3-13(14)11-5-7-20(8-6-11)15(21)12-9-22-10-12/h1-4,11-12H,5-10H2. The van der Waals surface area contributed by atoms with E-state index in [9.17, 15) is 18.0 Å². The molecule has 0 N–H and O–H groups in total. The van der Waals surface area contributed by atoms with Gasteiger partial charge < -0.3 is 9.64 Å². The molecule has 0 atom stereocenters. The minimum Gasteiger partial charge on any atom is -0.380 e. The fraction of sp³-hybridized carbons (Fsp3) is 0.562. The molecule has 6 heteroatoms. The first-order valence-electron chi connectivity index (χ1n) is 7.49. The predicted octanol–water partition coefficient (Wildman–Crippen LogP) is 3.06. The van der Waals surface area contributed by atoms with Crippen LogP contribution in [-0.2, 0) is 15.7 Å². The molecule has 120 valence electrons. The normalized spacial score (nSPS) is 20.8. The van der Waals surface area contributed by atoms with Crippen LogP contribution in [0.25, 0.3) is 0 Å². The van der Waals surface area contributed by atoms with Crippen LogP contribution in [0, 0.1) is 5.92 Å². The van der Waals surface area contributed by atoms with Gasteiger partial charge in [-0.3, -0.25) is 4.79 Å². The minimum atomic E-state index is -4.33. The molecule has 0 aromatic heterocycles. The molecule has 2 heterocycles. The topological polar surface area (TPSA) is 29.5 Å². The summed E-state index contributed by atoms with van der Waals surface area (Å²) < 4.78 is 44.3. The number of hydrogen-bond acceptors (Lipinski definition) is 2. The van der Waals surface area contributed by atoms with Gasteiger partial charge >= 0.3 is 6.18 Å². The second kappa shape index (κ2) is 5.91. The van der Waals surface area contributed by atoms with Crippen molar-refractivity contribution in [3.05, 3.63) is 35.4 Å². The Bertz CT molecular complexity index is 547. The SMILES string of the molecule is O=C(C1COC1)N1CCC(c2ccccc2C(F)(F)F)CC1. The molecule has 0 unspecified atom stereocenters. The van der Waals surface area contributed by atoms with E-state index in [-0.39, 0.29) is 17.7 Å². The van der Waals surface area contributed by atoms with Crippen molar-refractivity contribution in [2.45, 2.75) is 24.9 Å². The van der Waals surface area contributed by atoms with Gasteiger partial charge in [0.15, 0.2) is 0 Å². The maximum atomic E-state index is 13.1. The summed E-state index contributed by atoms with van der Waals surface area (Å²) in [5.74, 6) is -0.118. The van der Waals surface area contributed by atoms with Gasteiger partial charge in [-0.15, -0.1) is 0 Å². The number of alkyl halides is 3. The lowest BCUT2D eigenvalue weighted by Gasteiger charge is -2.37. The van der Waals surface area contributed by atoms with E-state index >= 15 is 0 Å². The molecule has 0 aliphatic carbocycles. The molecule has 3 rings (SSSR count). The molecule has 1 aromatic carbocycles. The van der Waals surface area contributed by atoms with E-state index in [4.69, 9.17) is 4.74 Å². The molecule has 2 saturated heterocycles. The lowest BCUT2D eigenvalue weighted by Crippen LogP contribution is -2.47. The Morgan fingerprint density at radius 2 is 1.77 bits per heavy atom. The first-order valence-corrected chi connectivity index (χ1v) is 7.49. The van der Waals surface area contributed by atoms with Crippen LogP contribution in [0.2, 0.25) is 0 Å². The van der Waals surface area contributed by atoms with Crippen molar-refractivity contribution in [3.63, 3.8) is 0 Å². The first kappa shape index (κ1) is 15.3. The molecule has 2 aliphatic heterocycles. The maximum absolute atomic E-state index is 13.1. The van der Waals surface area contributed by atoms with E-state index in [1.165, 1.54) is 6.07 Å². The molecule has 0 saturated carbocycles. The highest BCUT2D eigenvalue weighted by Gasteiger charge is 2.37. The van der Waals surface area contributed by atoms with Gasteiger partial charge in [0.05, 0.1) is 24.7 Å². The van der Waals surface area contributed by atoms with Crippen LogP contribution < -0.4 is 0 Å². The number of piperidine rings is 1. The molecule has 1 aromatic rings. The van der Waals surface area contributed by atoms with Gasteiger partial charge in [-0.25, -0.2) is 0 Å². The van der Waals surface area contributed by atoms with Crippen molar-refractivity contribution < 1.29 is 22.7 Å². The number of benzene rings is 1. The quantitative estimate of drug-likeness (QED) is 0.840. The Kier molecular flexibility index (Phi) is 4.12. The van der Waals surface area contributed by atoms with E-state index in [1.807, 2.05) is 0 Å². The maximum Gasteiger partial charge on any atom is 0.416 e. The zero-order chi connectivity index (χ0) is 15.7. The van der Waals surface area contributed by atoms with Crippen molar-refractivity contribution in [3.8, 4) is 0 Å². The van der Waals surface area contributed by atoms with Crippen LogP contribution in [-0.4, -0.2) is 37.1 Å². The number of halogens is 3. The lowest BCUT2D eigenvalue weighted by molar-refractivity contribution is -0.151. The number of hydrogen-bond donors (Lipinski definition) is 0. The van der Waals surface area contributed by atoms with Crippen LogP contribution in [0.1, 0.15) is 29.9 Å². The molecule has 3 nitrogen and oxygen atoms in total. The van der Waals surface area contributed by atoms with E-state index in [0.29, 0.717) is 44.7 Å². The van der Waals surface area contributed by atoms with Crippen molar-refractivity contribution in [2.24, 2.45) is 5.92 Å². The van der Waals surface area contributed by atoms with Crippen LogP contribution in [0.5, 0.6) is 0 Å². The Labute approximate surface area is 127 Å². The molecule has 1 amide bonds. The number of carbonyl (C=O) groups excluding carboxylic acids is 1. The van der Waals surface area contributed by atoms with Gasteiger partial charge in [0.25, 0.3) is 0 Å². The van der Waals surface area contributed by atoms with Crippen molar-refractivity contribution in [1.82, 2.24) is 4.90 Å². The highest BCUT2D eigenvalue weighted by Crippen LogP contribution is 2.38. The summed E-state index contributed by atoms with van der Waals surface area (Å²) in [4.78, 5) is 13.9. The Hall–Kier alpha value is -1.56. The third-order valence-electron chi connectivity index (χ3n) is 4.50. The van der Waals surface area contributed by atoms with Crippen LogP contribution >= 0.6 is 0 Å². The average molecular weight is 313 g/mol. The van der Waals surface area contributed by atoms with Crippen LogP contribution in [0.3, 0.4) is 0 Å². The Morgan fingerprint density at radius 1 is 1.14 bits per heavy atom. The predicted molar refractivity (Wildman–Crippen MR) is 74.3 cm³/mol. The van der Waals surface area contributed by atoms with Gasteiger partial charge in [-0.05, 0) is 30.4 Å². The number of likely N-dealkylation sites (tertiary alicyclic amines) is 1. The summed E-state index contributed by atoms with van der Waals surface area (Å²) in [5, 5.41) is 0. The summed E-state index contributed by atoms with van der Waals surface area (Å²) in [7, 11) is 0. The smallest absolute Gasteiger partial charge is 0.380 e. The van der Waals surface area contributed by atoms with Crippen LogP contribution in [0.4, 0.5) is 13.2 Å². The zero-order valence-electron chi connectivity index (χ0n) is 12.1. The van der Waals surface area contributed by atoms with Gasteiger partial charge in [0.1, 0.15) is 0 Å². The van der Waals surface area contributed by atoms with E-state index in [2.05, 4.69) is 0 Å². The zero-order valence-corrected chi connectivity index (χ0v) is 12.1. The minimum absolute atomic E-state index is 0.0565. The monoisotopic (exact) mass is 313 g/mol. The number of carbonyl (C=O) groups is 1. The molecule has 0 spiro atoms. The second-order valence-electron chi connectivity index (χ2n) is 5.92. The summed E-state index contributed by atoms with van der Waals surface area (Å²) in [5.41, 5.74) is -0.193. The molecule has 0 bridgehead atoms. The third-order valence-corrected chi connectivity index (χ3v) is 4.50.